The number of aromatic nitrogens is 3. The van der Waals surface area contributed by atoms with Crippen LogP contribution >= 0.6 is 0 Å². The Hall–Kier alpha value is -2.28. The summed E-state index contributed by atoms with van der Waals surface area (Å²) in [6.45, 7) is 2.90. The molecule has 0 aliphatic carbocycles. The van der Waals surface area contributed by atoms with Crippen molar-refractivity contribution in [2.24, 2.45) is 5.73 Å². The third kappa shape index (κ3) is 2.07. The Balaban J connectivity index is 2.51. The van der Waals surface area contributed by atoms with E-state index in [4.69, 9.17) is 5.73 Å². The van der Waals surface area contributed by atoms with E-state index >= 15 is 0 Å². The predicted octanol–water partition coefficient (Wildman–Crippen LogP) is 1.33. The molecule has 0 fully saturated rings. The summed E-state index contributed by atoms with van der Waals surface area (Å²) in [7, 11) is 0. The molecular formula is C11H13N5O2. The van der Waals surface area contributed by atoms with E-state index in [1.807, 2.05) is 11.5 Å². The molecule has 1 heterocycles. The van der Waals surface area contributed by atoms with Crippen molar-refractivity contribution in [3.05, 3.63) is 40.2 Å². The van der Waals surface area contributed by atoms with Crippen LogP contribution in [0, 0.1) is 10.1 Å². The molecule has 0 radical (unpaired) electrons. The largest absolute Gasteiger partial charge is 0.324 e. The van der Waals surface area contributed by atoms with Crippen LogP contribution in [0.25, 0.3) is 11.4 Å². The number of nitrogens with two attached hydrogens (primary N) is 1. The average Bonchev–Trinajstić information content (AvgIpc) is 2.81. The number of nitro groups is 1. The fraction of sp³-hybridized carbons (Fsp3) is 0.273. The van der Waals surface area contributed by atoms with Gasteiger partial charge in [-0.1, -0.05) is 12.1 Å². The summed E-state index contributed by atoms with van der Waals surface area (Å²) in [5.41, 5.74) is 6.26. The highest BCUT2D eigenvalue weighted by Gasteiger charge is 2.14. The van der Waals surface area contributed by atoms with Crippen LogP contribution in [0.15, 0.2) is 24.3 Å². The maximum atomic E-state index is 10.7. The van der Waals surface area contributed by atoms with Crippen LogP contribution in [0.2, 0.25) is 0 Å². The molecular weight excluding hydrogens is 234 g/mol. The number of hydrogen-bond donors (Lipinski definition) is 1. The average molecular weight is 247 g/mol. The van der Waals surface area contributed by atoms with Crippen molar-refractivity contribution in [2.75, 3.05) is 0 Å². The topological polar surface area (TPSA) is 99.9 Å². The first kappa shape index (κ1) is 12.2. The molecule has 0 saturated heterocycles. The van der Waals surface area contributed by atoms with Crippen LogP contribution in [0.3, 0.4) is 0 Å². The van der Waals surface area contributed by atoms with Gasteiger partial charge in [-0.25, -0.2) is 0 Å². The van der Waals surface area contributed by atoms with Gasteiger partial charge in [-0.05, 0) is 6.92 Å². The molecule has 7 heteroatoms. The van der Waals surface area contributed by atoms with Crippen molar-refractivity contribution in [3.63, 3.8) is 0 Å². The summed E-state index contributed by atoms with van der Waals surface area (Å²) in [6.07, 6.45) is 0. The lowest BCUT2D eigenvalue weighted by Crippen LogP contribution is -2.08. The van der Waals surface area contributed by atoms with E-state index < -0.39 is 4.92 Å². The fourth-order valence-electron chi connectivity index (χ4n) is 1.79. The van der Waals surface area contributed by atoms with Gasteiger partial charge in [0.15, 0.2) is 5.82 Å². The van der Waals surface area contributed by atoms with Crippen molar-refractivity contribution in [2.45, 2.75) is 20.0 Å². The van der Waals surface area contributed by atoms with E-state index in [1.165, 1.54) is 12.1 Å². The van der Waals surface area contributed by atoms with Crippen LogP contribution < -0.4 is 5.73 Å². The first-order valence-electron chi connectivity index (χ1n) is 5.54. The number of rotatable bonds is 4. The van der Waals surface area contributed by atoms with Crippen molar-refractivity contribution in [1.29, 1.82) is 0 Å². The minimum atomic E-state index is -0.431. The van der Waals surface area contributed by atoms with Gasteiger partial charge in [0.1, 0.15) is 5.82 Å². The zero-order chi connectivity index (χ0) is 13.1. The maximum absolute atomic E-state index is 10.7. The minimum absolute atomic E-state index is 0.0347. The van der Waals surface area contributed by atoms with Crippen LogP contribution in [0.5, 0.6) is 0 Å². The zero-order valence-electron chi connectivity index (χ0n) is 9.91. The van der Waals surface area contributed by atoms with Crippen LogP contribution in [0.4, 0.5) is 5.69 Å². The molecule has 2 aromatic rings. The number of benzene rings is 1. The molecule has 0 unspecified atom stereocenters. The Morgan fingerprint density at radius 2 is 2.22 bits per heavy atom. The van der Waals surface area contributed by atoms with Crippen molar-refractivity contribution in [3.8, 4) is 11.4 Å². The lowest BCUT2D eigenvalue weighted by atomic mass is 10.2. The Morgan fingerprint density at radius 3 is 2.83 bits per heavy atom. The lowest BCUT2D eigenvalue weighted by molar-refractivity contribution is -0.384. The quantitative estimate of drug-likeness (QED) is 0.649. The summed E-state index contributed by atoms with van der Waals surface area (Å²) in [5, 5.41) is 18.8. The predicted molar refractivity (Wildman–Crippen MR) is 65.7 cm³/mol. The molecule has 2 N–H and O–H groups in total. The Morgan fingerprint density at radius 1 is 1.44 bits per heavy atom. The van der Waals surface area contributed by atoms with Gasteiger partial charge in [-0.15, -0.1) is 10.2 Å². The van der Waals surface area contributed by atoms with E-state index in [9.17, 15) is 10.1 Å². The van der Waals surface area contributed by atoms with E-state index in [1.54, 1.807) is 12.1 Å². The van der Waals surface area contributed by atoms with Crippen molar-refractivity contribution >= 4 is 5.69 Å². The SMILES string of the molecule is CCn1c(CN)nnc1-c1cccc([N+](=O)[O-])c1. The van der Waals surface area contributed by atoms with Crippen LogP contribution in [-0.4, -0.2) is 19.7 Å². The van der Waals surface area contributed by atoms with Crippen LogP contribution in [0.1, 0.15) is 12.7 Å². The summed E-state index contributed by atoms with van der Waals surface area (Å²) in [5.74, 6) is 1.26. The van der Waals surface area contributed by atoms with E-state index in [2.05, 4.69) is 10.2 Å². The molecule has 1 aromatic carbocycles. The molecule has 94 valence electrons. The van der Waals surface area contributed by atoms with E-state index in [0.717, 1.165) is 0 Å². The molecule has 0 spiro atoms. The van der Waals surface area contributed by atoms with Gasteiger partial charge < -0.3 is 10.3 Å². The van der Waals surface area contributed by atoms with Gasteiger partial charge in [0.25, 0.3) is 5.69 Å². The number of hydrogen-bond acceptors (Lipinski definition) is 5. The molecule has 0 bridgehead atoms. The molecule has 7 nitrogen and oxygen atoms in total. The molecule has 18 heavy (non-hydrogen) atoms. The molecule has 0 aliphatic heterocycles. The standard InChI is InChI=1S/C11H13N5O2/c1-2-15-10(7-12)13-14-11(15)8-4-3-5-9(6-8)16(17)18/h3-6H,2,7,12H2,1H3. The highest BCUT2D eigenvalue weighted by molar-refractivity contribution is 5.59. The number of non-ortho nitro benzene ring substituents is 1. The summed E-state index contributed by atoms with van der Waals surface area (Å²) < 4.78 is 1.85. The maximum Gasteiger partial charge on any atom is 0.270 e. The van der Waals surface area contributed by atoms with Gasteiger partial charge in [0, 0.05) is 24.2 Å². The second kappa shape index (κ2) is 4.92. The normalized spacial score (nSPS) is 10.6. The van der Waals surface area contributed by atoms with Crippen molar-refractivity contribution in [1.82, 2.24) is 14.8 Å². The molecule has 0 atom stereocenters. The molecule has 0 amide bonds. The smallest absolute Gasteiger partial charge is 0.270 e. The Kier molecular flexibility index (Phi) is 3.33. The van der Waals surface area contributed by atoms with E-state index in [0.29, 0.717) is 23.8 Å². The summed E-state index contributed by atoms with van der Waals surface area (Å²) in [6, 6.07) is 6.32. The van der Waals surface area contributed by atoms with Crippen molar-refractivity contribution < 1.29 is 4.92 Å². The molecule has 1 aromatic heterocycles. The second-order valence-corrected chi connectivity index (χ2v) is 3.70. The zero-order valence-corrected chi connectivity index (χ0v) is 9.91. The molecule has 0 saturated carbocycles. The van der Waals surface area contributed by atoms with Gasteiger partial charge in [0.05, 0.1) is 11.5 Å². The Bertz CT molecular complexity index is 579. The molecule has 0 aliphatic rings. The van der Waals surface area contributed by atoms with Gasteiger partial charge in [-0.3, -0.25) is 10.1 Å². The highest BCUT2D eigenvalue weighted by atomic mass is 16.6. The first-order chi connectivity index (χ1) is 8.67. The van der Waals surface area contributed by atoms with Crippen LogP contribution in [-0.2, 0) is 13.1 Å². The summed E-state index contributed by atoms with van der Waals surface area (Å²) in [4.78, 5) is 10.3. The third-order valence-electron chi connectivity index (χ3n) is 2.64. The third-order valence-corrected chi connectivity index (χ3v) is 2.64. The first-order valence-corrected chi connectivity index (χ1v) is 5.54. The number of nitro benzene ring substituents is 1. The van der Waals surface area contributed by atoms with Gasteiger partial charge >= 0.3 is 0 Å². The van der Waals surface area contributed by atoms with E-state index in [-0.39, 0.29) is 12.2 Å². The highest BCUT2D eigenvalue weighted by Crippen LogP contribution is 2.22. The minimum Gasteiger partial charge on any atom is -0.324 e. The number of nitrogens with zero attached hydrogens (tertiary/aromatic N) is 4. The molecule has 2 rings (SSSR count). The second-order valence-electron chi connectivity index (χ2n) is 3.70. The fourth-order valence-corrected chi connectivity index (χ4v) is 1.79. The van der Waals surface area contributed by atoms with Gasteiger partial charge in [0.2, 0.25) is 0 Å². The monoisotopic (exact) mass is 247 g/mol. The van der Waals surface area contributed by atoms with Gasteiger partial charge in [-0.2, -0.15) is 0 Å². The summed E-state index contributed by atoms with van der Waals surface area (Å²) >= 11 is 0. The lowest BCUT2D eigenvalue weighted by Gasteiger charge is -2.05. The Labute approximate surface area is 103 Å².